The normalized spacial score (nSPS) is 17.4. The summed E-state index contributed by atoms with van der Waals surface area (Å²) >= 11 is 5.93. The second-order valence-electron chi connectivity index (χ2n) is 3.64. The molecule has 0 aliphatic carbocycles. The molecular weight excluding hydrogens is 228 g/mol. The lowest BCUT2D eigenvalue weighted by Crippen LogP contribution is -2.35. The van der Waals surface area contributed by atoms with Crippen molar-refractivity contribution in [3.05, 3.63) is 23.4 Å². The minimum atomic E-state index is -0.219. The van der Waals surface area contributed by atoms with Gasteiger partial charge in [0.25, 0.3) is 0 Å². The minimum Gasteiger partial charge on any atom is -0.274 e. The van der Waals surface area contributed by atoms with E-state index in [1.165, 1.54) is 6.20 Å². The Hall–Kier alpha value is -1.42. The summed E-state index contributed by atoms with van der Waals surface area (Å²) in [5.41, 5.74) is 0. The summed E-state index contributed by atoms with van der Waals surface area (Å²) in [7, 11) is 0. The number of hydrogen-bond donors (Lipinski definition) is 0. The average molecular weight is 239 g/mol. The molecule has 1 aliphatic heterocycles. The van der Waals surface area contributed by atoms with Crippen LogP contribution in [0.25, 0.3) is 0 Å². The second kappa shape index (κ2) is 4.61. The molecule has 16 heavy (non-hydrogen) atoms. The van der Waals surface area contributed by atoms with Crippen molar-refractivity contribution in [1.82, 2.24) is 4.98 Å². The summed E-state index contributed by atoms with van der Waals surface area (Å²) < 4.78 is 0. The monoisotopic (exact) mass is 238 g/mol. The molecule has 0 atom stereocenters. The predicted octanol–water partition coefficient (Wildman–Crippen LogP) is 2.17. The Balaban J connectivity index is 2.40. The smallest absolute Gasteiger partial charge is 0.235 e. The van der Waals surface area contributed by atoms with E-state index in [0.29, 0.717) is 17.9 Å². The lowest BCUT2D eigenvalue weighted by Gasteiger charge is -2.18. The maximum Gasteiger partial charge on any atom is 0.235 e. The van der Waals surface area contributed by atoms with Crippen molar-refractivity contribution in [2.45, 2.75) is 25.7 Å². The molecule has 0 saturated carbocycles. The van der Waals surface area contributed by atoms with Gasteiger partial charge in [-0.05, 0) is 25.0 Å². The first kappa shape index (κ1) is 11.1. The molecule has 1 aromatic rings. The number of rotatable bonds is 1. The number of aromatic nitrogens is 1. The minimum absolute atomic E-state index is 0.219. The van der Waals surface area contributed by atoms with E-state index in [9.17, 15) is 9.59 Å². The zero-order chi connectivity index (χ0) is 11.5. The summed E-state index contributed by atoms with van der Waals surface area (Å²) in [5, 5.41) is 0.325. The van der Waals surface area contributed by atoms with E-state index in [1.54, 1.807) is 12.1 Å². The van der Waals surface area contributed by atoms with Crippen molar-refractivity contribution in [1.29, 1.82) is 0 Å². The van der Waals surface area contributed by atoms with Crippen LogP contribution in [0.4, 0.5) is 5.82 Å². The highest BCUT2D eigenvalue weighted by Gasteiger charge is 2.27. The molecular formula is C11H11ClN2O2. The molecule has 1 aliphatic rings. The molecule has 1 aromatic heterocycles. The molecule has 2 rings (SSSR count). The summed E-state index contributed by atoms with van der Waals surface area (Å²) in [6, 6.07) is 3.29. The Bertz CT molecular complexity index is 416. The fourth-order valence-electron chi connectivity index (χ4n) is 1.69. The third kappa shape index (κ3) is 2.07. The van der Waals surface area contributed by atoms with Crippen molar-refractivity contribution >= 4 is 29.2 Å². The third-order valence-electron chi connectivity index (χ3n) is 2.48. The van der Waals surface area contributed by atoms with Gasteiger partial charge >= 0.3 is 0 Å². The van der Waals surface area contributed by atoms with E-state index in [1.807, 2.05) is 0 Å². The van der Waals surface area contributed by atoms with Crippen molar-refractivity contribution in [3.8, 4) is 0 Å². The predicted molar refractivity (Wildman–Crippen MR) is 60.2 cm³/mol. The molecule has 2 heterocycles. The van der Waals surface area contributed by atoms with Gasteiger partial charge < -0.3 is 0 Å². The standard InChI is InChI=1S/C11H11ClN2O2/c12-8-4-3-7-13-11(8)14-9(15)5-1-2-6-10(14)16/h3-4,7H,1-2,5-6H2. The zero-order valence-corrected chi connectivity index (χ0v) is 9.41. The van der Waals surface area contributed by atoms with Gasteiger partial charge in [-0.3, -0.25) is 9.59 Å². The van der Waals surface area contributed by atoms with Crippen LogP contribution in [-0.4, -0.2) is 16.8 Å². The Kier molecular flexibility index (Phi) is 3.19. The van der Waals surface area contributed by atoms with E-state index in [4.69, 9.17) is 11.6 Å². The Labute approximate surface area is 98.2 Å². The zero-order valence-electron chi connectivity index (χ0n) is 8.65. The van der Waals surface area contributed by atoms with Gasteiger partial charge in [0.2, 0.25) is 11.8 Å². The highest BCUT2D eigenvalue weighted by Crippen LogP contribution is 2.26. The number of imide groups is 1. The summed E-state index contributed by atoms with van der Waals surface area (Å²) in [6.07, 6.45) is 3.75. The van der Waals surface area contributed by atoms with Gasteiger partial charge in [0.05, 0.1) is 5.02 Å². The fraction of sp³-hybridized carbons (Fsp3) is 0.364. The molecule has 0 bridgehead atoms. The van der Waals surface area contributed by atoms with Gasteiger partial charge in [0, 0.05) is 19.0 Å². The fourth-order valence-corrected chi connectivity index (χ4v) is 1.90. The molecule has 1 saturated heterocycles. The Morgan fingerprint density at radius 2 is 1.81 bits per heavy atom. The van der Waals surface area contributed by atoms with E-state index in [0.717, 1.165) is 17.7 Å². The van der Waals surface area contributed by atoms with E-state index >= 15 is 0 Å². The topological polar surface area (TPSA) is 50.3 Å². The van der Waals surface area contributed by atoms with Gasteiger partial charge in [-0.15, -0.1) is 0 Å². The van der Waals surface area contributed by atoms with E-state index in [-0.39, 0.29) is 17.6 Å². The molecule has 0 spiro atoms. The number of anilines is 1. The van der Waals surface area contributed by atoms with Crippen LogP contribution in [0.3, 0.4) is 0 Å². The number of pyridine rings is 1. The molecule has 2 amide bonds. The first-order valence-electron chi connectivity index (χ1n) is 5.16. The van der Waals surface area contributed by atoms with Gasteiger partial charge in [-0.2, -0.15) is 0 Å². The molecule has 0 N–H and O–H groups in total. The van der Waals surface area contributed by atoms with Gasteiger partial charge in [-0.1, -0.05) is 11.6 Å². The number of nitrogens with zero attached hydrogens (tertiary/aromatic N) is 2. The molecule has 0 radical (unpaired) electrons. The molecule has 4 nitrogen and oxygen atoms in total. The van der Waals surface area contributed by atoms with Crippen LogP contribution in [0.2, 0.25) is 5.02 Å². The van der Waals surface area contributed by atoms with Crippen LogP contribution in [0, 0.1) is 0 Å². The van der Waals surface area contributed by atoms with Crippen molar-refractivity contribution in [2.24, 2.45) is 0 Å². The number of carbonyl (C=O) groups excluding carboxylic acids is 2. The lowest BCUT2D eigenvalue weighted by atomic mass is 10.2. The second-order valence-corrected chi connectivity index (χ2v) is 4.05. The highest BCUT2D eigenvalue weighted by molar-refractivity contribution is 6.34. The molecule has 0 unspecified atom stereocenters. The van der Waals surface area contributed by atoms with Crippen LogP contribution in [0.15, 0.2) is 18.3 Å². The van der Waals surface area contributed by atoms with Crippen LogP contribution < -0.4 is 4.90 Å². The SMILES string of the molecule is O=C1CCCCC(=O)N1c1ncccc1Cl. The summed E-state index contributed by atoms with van der Waals surface area (Å²) in [6.45, 7) is 0. The van der Waals surface area contributed by atoms with E-state index < -0.39 is 0 Å². The number of hydrogen-bond acceptors (Lipinski definition) is 3. The Morgan fingerprint density at radius 3 is 2.38 bits per heavy atom. The quantitative estimate of drug-likeness (QED) is 0.705. The van der Waals surface area contributed by atoms with Crippen molar-refractivity contribution in [3.63, 3.8) is 0 Å². The highest BCUT2D eigenvalue weighted by atomic mass is 35.5. The Morgan fingerprint density at radius 1 is 1.19 bits per heavy atom. The van der Waals surface area contributed by atoms with Crippen LogP contribution in [0.1, 0.15) is 25.7 Å². The van der Waals surface area contributed by atoms with Gasteiger partial charge in [0.15, 0.2) is 5.82 Å². The molecule has 84 valence electrons. The largest absolute Gasteiger partial charge is 0.274 e. The third-order valence-corrected chi connectivity index (χ3v) is 2.78. The summed E-state index contributed by atoms with van der Waals surface area (Å²) in [4.78, 5) is 28.7. The van der Waals surface area contributed by atoms with Crippen molar-refractivity contribution < 1.29 is 9.59 Å². The maximum atomic E-state index is 11.8. The van der Waals surface area contributed by atoms with Crippen LogP contribution in [-0.2, 0) is 9.59 Å². The first-order chi connectivity index (χ1) is 7.70. The number of halogens is 1. The van der Waals surface area contributed by atoms with Crippen LogP contribution >= 0.6 is 11.6 Å². The lowest BCUT2D eigenvalue weighted by molar-refractivity contribution is -0.125. The van der Waals surface area contributed by atoms with E-state index in [2.05, 4.69) is 4.98 Å². The first-order valence-corrected chi connectivity index (χ1v) is 5.54. The molecule has 5 heteroatoms. The van der Waals surface area contributed by atoms with Gasteiger partial charge in [-0.25, -0.2) is 9.88 Å². The number of carbonyl (C=O) groups is 2. The summed E-state index contributed by atoms with van der Waals surface area (Å²) in [5.74, 6) is -0.188. The molecule has 1 fully saturated rings. The molecule has 0 aromatic carbocycles. The maximum absolute atomic E-state index is 11.8. The average Bonchev–Trinajstić information content (AvgIpc) is 2.42. The number of amides is 2. The van der Waals surface area contributed by atoms with Crippen molar-refractivity contribution in [2.75, 3.05) is 4.90 Å². The van der Waals surface area contributed by atoms with Gasteiger partial charge in [0.1, 0.15) is 0 Å². The van der Waals surface area contributed by atoms with Crippen LogP contribution in [0.5, 0.6) is 0 Å².